The molecule has 2 rings (SSSR count). The molecular formula is C14H18BrN5O3. The van der Waals surface area contributed by atoms with E-state index in [0.717, 1.165) is 10.2 Å². The SMILES string of the molecule is CCn1ncc(Br)c1CN(C)C(=O)c1cnn(C(C)C(=O)O)c1. The van der Waals surface area contributed by atoms with E-state index in [0.29, 0.717) is 18.7 Å². The number of hydrogen-bond acceptors (Lipinski definition) is 4. The van der Waals surface area contributed by atoms with Crippen LogP contribution in [0.15, 0.2) is 23.1 Å². The number of aromatic nitrogens is 4. The molecule has 1 unspecified atom stereocenters. The minimum absolute atomic E-state index is 0.232. The van der Waals surface area contributed by atoms with Gasteiger partial charge in [-0.1, -0.05) is 0 Å². The summed E-state index contributed by atoms with van der Waals surface area (Å²) in [6.07, 6.45) is 4.53. The van der Waals surface area contributed by atoms with Gasteiger partial charge in [-0.3, -0.25) is 14.2 Å². The van der Waals surface area contributed by atoms with E-state index < -0.39 is 12.0 Å². The molecule has 9 heteroatoms. The summed E-state index contributed by atoms with van der Waals surface area (Å²) in [5.41, 5.74) is 1.24. The zero-order valence-corrected chi connectivity index (χ0v) is 14.7. The number of amides is 1. The molecule has 0 aliphatic carbocycles. The van der Waals surface area contributed by atoms with Gasteiger partial charge in [-0.15, -0.1) is 0 Å². The first kappa shape index (κ1) is 17.2. The molecule has 0 saturated carbocycles. The molecule has 0 aliphatic heterocycles. The van der Waals surface area contributed by atoms with E-state index in [1.54, 1.807) is 18.1 Å². The quantitative estimate of drug-likeness (QED) is 0.820. The van der Waals surface area contributed by atoms with Gasteiger partial charge in [-0.05, 0) is 29.8 Å². The van der Waals surface area contributed by atoms with Gasteiger partial charge in [0.2, 0.25) is 0 Å². The predicted molar refractivity (Wildman–Crippen MR) is 86.0 cm³/mol. The fraction of sp³-hybridized carbons (Fsp3) is 0.429. The monoisotopic (exact) mass is 383 g/mol. The zero-order chi connectivity index (χ0) is 17.1. The summed E-state index contributed by atoms with van der Waals surface area (Å²) in [5.74, 6) is -1.24. The number of aliphatic carboxylic acids is 1. The number of nitrogens with zero attached hydrogens (tertiary/aromatic N) is 5. The lowest BCUT2D eigenvalue weighted by Gasteiger charge is -2.17. The molecule has 0 spiro atoms. The van der Waals surface area contributed by atoms with Crippen LogP contribution in [-0.4, -0.2) is 48.5 Å². The van der Waals surface area contributed by atoms with Crippen molar-refractivity contribution in [2.75, 3.05) is 7.05 Å². The van der Waals surface area contributed by atoms with Crippen molar-refractivity contribution >= 4 is 27.8 Å². The van der Waals surface area contributed by atoms with E-state index in [-0.39, 0.29) is 5.91 Å². The Kier molecular flexibility index (Phi) is 5.19. The predicted octanol–water partition coefficient (Wildman–Crippen LogP) is 1.78. The van der Waals surface area contributed by atoms with Gasteiger partial charge < -0.3 is 10.0 Å². The molecule has 23 heavy (non-hydrogen) atoms. The molecule has 1 amide bonds. The van der Waals surface area contributed by atoms with Crippen molar-refractivity contribution in [1.82, 2.24) is 24.5 Å². The average Bonchev–Trinajstić information content (AvgIpc) is 3.13. The summed E-state index contributed by atoms with van der Waals surface area (Å²) in [5, 5.41) is 17.1. The summed E-state index contributed by atoms with van der Waals surface area (Å²) in [4.78, 5) is 25.0. The lowest BCUT2D eigenvalue weighted by molar-refractivity contribution is -0.140. The van der Waals surface area contributed by atoms with Gasteiger partial charge in [0.25, 0.3) is 5.91 Å². The fourth-order valence-electron chi connectivity index (χ4n) is 2.11. The molecule has 2 aromatic heterocycles. The summed E-state index contributed by atoms with van der Waals surface area (Å²) >= 11 is 3.43. The van der Waals surface area contributed by atoms with E-state index >= 15 is 0 Å². The van der Waals surface area contributed by atoms with Crippen LogP contribution < -0.4 is 0 Å². The zero-order valence-electron chi connectivity index (χ0n) is 13.1. The Bertz CT molecular complexity index is 724. The van der Waals surface area contributed by atoms with Gasteiger partial charge in [-0.2, -0.15) is 10.2 Å². The molecule has 0 aromatic carbocycles. The van der Waals surface area contributed by atoms with Crippen molar-refractivity contribution in [1.29, 1.82) is 0 Å². The summed E-state index contributed by atoms with van der Waals surface area (Å²) < 4.78 is 3.91. The van der Waals surface area contributed by atoms with Gasteiger partial charge in [0, 0.05) is 19.8 Å². The normalized spacial score (nSPS) is 12.2. The maximum absolute atomic E-state index is 12.5. The molecule has 0 saturated heterocycles. The second-order valence-electron chi connectivity index (χ2n) is 5.14. The molecule has 0 bridgehead atoms. The smallest absolute Gasteiger partial charge is 0.328 e. The first-order chi connectivity index (χ1) is 10.8. The molecule has 0 radical (unpaired) electrons. The second-order valence-corrected chi connectivity index (χ2v) is 5.99. The first-order valence-electron chi connectivity index (χ1n) is 7.07. The number of carboxylic acids is 1. The van der Waals surface area contributed by atoms with Gasteiger partial charge in [0.15, 0.2) is 0 Å². The van der Waals surface area contributed by atoms with E-state index in [2.05, 4.69) is 26.1 Å². The largest absolute Gasteiger partial charge is 0.480 e. The molecular weight excluding hydrogens is 366 g/mol. The van der Waals surface area contributed by atoms with Gasteiger partial charge >= 0.3 is 5.97 Å². The van der Waals surface area contributed by atoms with E-state index in [1.807, 2.05) is 11.6 Å². The molecule has 0 fully saturated rings. The van der Waals surface area contributed by atoms with Crippen LogP contribution in [-0.2, 0) is 17.9 Å². The van der Waals surface area contributed by atoms with Crippen molar-refractivity contribution in [2.24, 2.45) is 0 Å². The Hall–Kier alpha value is -2.16. The van der Waals surface area contributed by atoms with Crippen LogP contribution in [0.1, 0.15) is 35.9 Å². The van der Waals surface area contributed by atoms with Crippen LogP contribution in [0, 0.1) is 0 Å². The molecule has 2 aromatic rings. The van der Waals surface area contributed by atoms with Gasteiger partial charge in [0.05, 0.1) is 34.7 Å². The minimum atomic E-state index is -1.00. The number of hydrogen-bond donors (Lipinski definition) is 1. The third-order valence-corrected chi connectivity index (χ3v) is 4.20. The molecule has 1 N–H and O–H groups in total. The molecule has 124 valence electrons. The van der Waals surface area contributed by atoms with Crippen molar-refractivity contribution in [3.8, 4) is 0 Å². The molecule has 0 aliphatic rings. The molecule has 2 heterocycles. The highest BCUT2D eigenvalue weighted by Gasteiger charge is 2.20. The summed E-state index contributed by atoms with van der Waals surface area (Å²) in [6, 6.07) is -0.822. The number of aryl methyl sites for hydroxylation is 1. The van der Waals surface area contributed by atoms with Crippen LogP contribution in [0.4, 0.5) is 0 Å². The van der Waals surface area contributed by atoms with Crippen LogP contribution in [0.25, 0.3) is 0 Å². The maximum Gasteiger partial charge on any atom is 0.328 e. The van der Waals surface area contributed by atoms with Gasteiger partial charge in [0.1, 0.15) is 6.04 Å². The Labute approximate surface area is 141 Å². The fourth-order valence-corrected chi connectivity index (χ4v) is 2.53. The standard InChI is InChI=1S/C14H18BrN5O3/c1-4-19-12(11(15)6-17-19)8-18(3)13(21)10-5-16-20(7-10)9(2)14(22)23/h5-7,9H,4,8H2,1-3H3,(H,22,23). The topological polar surface area (TPSA) is 93.3 Å². The second kappa shape index (κ2) is 6.95. The Balaban J connectivity index is 2.14. The van der Waals surface area contributed by atoms with Crippen molar-refractivity contribution < 1.29 is 14.7 Å². The number of rotatable bonds is 6. The minimum Gasteiger partial charge on any atom is -0.480 e. The van der Waals surface area contributed by atoms with Crippen molar-refractivity contribution in [3.63, 3.8) is 0 Å². The third kappa shape index (κ3) is 3.61. The molecule has 1 atom stereocenters. The van der Waals surface area contributed by atoms with E-state index in [9.17, 15) is 9.59 Å². The average molecular weight is 384 g/mol. The van der Waals surface area contributed by atoms with Gasteiger partial charge in [-0.25, -0.2) is 4.79 Å². The maximum atomic E-state index is 12.5. The Morgan fingerprint density at radius 3 is 2.70 bits per heavy atom. The lowest BCUT2D eigenvalue weighted by atomic mass is 10.3. The van der Waals surface area contributed by atoms with Crippen LogP contribution >= 0.6 is 15.9 Å². The lowest BCUT2D eigenvalue weighted by Crippen LogP contribution is -2.27. The van der Waals surface area contributed by atoms with Crippen molar-refractivity contribution in [3.05, 3.63) is 34.3 Å². The van der Waals surface area contributed by atoms with Crippen molar-refractivity contribution in [2.45, 2.75) is 33.0 Å². The highest BCUT2D eigenvalue weighted by Crippen LogP contribution is 2.18. The summed E-state index contributed by atoms with van der Waals surface area (Å²) in [6.45, 7) is 4.57. The Morgan fingerprint density at radius 1 is 1.39 bits per heavy atom. The van der Waals surface area contributed by atoms with E-state index in [4.69, 9.17) is 5.11 Å². The number of carbonyl (C=O) groups is 2. The highest BCUT2D eigenvalue weighted by atomic mass is 79.9. The van der Waals surface area contributed by atoms with Crippen LogP contribution in [0.5, 0.6) is 0 Å². The Morgan fingerprint density at radius 2 is 2.09 bits per heavy atom. The number of carboxylic acid groups (broad SMARTS) is 1. The first-order valence-corrected chi connectivity index (χ1v) is 7.87. The number of carbonyl (C=O) groups excluding carboxylic acids is 1. The number of halogens is 1. The highest BCUT2D eigenvalue weighted by molar-refractivity contribution is 9.10. The third-order valence-electron chi connectivity index (χ3n) is 3.53. The van der Waals surface area contributed by atoms with Crippen LogP contribution in [0.2, 0.25) is 0 Å². The molecule has 8 nitrogen and oxygen atoms in total. The van der Waals surface area contributed by atoms with E-state index in [1.165, 1.54) is 24.0 Å². The van der Waals surface area contributed by atoms with Crippen LogP contribution in [0.3, 0.4) is 0 Å². The summed E-state index contributed by atoms with van der Waals surface area (Å²) in [7, 11) is 1.68.